The van der Waals surface area contributed by atoms with Crippen molar-refractivity contribution in [2.24, 2.45) is 5.73 Å². The quantitative estimate of drug-likeness (QED) is 0.537. The molecule has 9 heavy (non-hydrogen) atoms. The van der Waals surface area contributed by atoms with Gasteiger partial charge in [-0.1, -0.05) is 0 Å². The maximum absolute atomic E-state index is 8.12. The highest BCUT2D eigenvalue weighted by Gasteiger charge is 2.04. The van der Waals surface area contributed by atoms with Crippen molar-refractivity contribution in [2.45, 2.75) is 19.4 Å². The largest absolute Gasteiger partial charge is 0.356 e. The average molecular weight is 130 g/mol. The summed E-state index contributed by atoms with van der Waals surface area (Å²) in [5.74, 6) is 0. The molecule has 0 spiro atoms. The number of nitrogens with two attached hydrogens (primary N) is 1. The van der Waals surface area contributed by atoms with Gasteiger partial charge >= 0.3 is 0 Å². The molecule has 2 atom stereocenters. The van der Waals surface area contributed by atoms with Crippen LogP contribution < -0.4 is 5.73 Å². The standard InChI is InChI=1S/C5H10N2O2/c1-4(8-2)9-5(7)3-6/h4-5H,7H2,1-2H3. The maximum atomic E-state index is 8.12. The Kier molecular flexibility index (Phi) is 3.97. The second-order valence-electron chi connectivity index (χ2n) is 1.49. The molecule has 0 aliphatic carbocycles. The van der Waals surface area contributed by atoms with Crippen LogP contribution >= 0.6 is 0 Å². The van der Waals surface area contributed by atoms with Crippen LogP contribution in [0.15, 0.2) is 0 Å². The van der Waals surface area contributed by atoms with Crippen molar-refractivity contribution >= 4 is 0 Å². The fraction of sp³-hybridized carbons (Fsp3) is 0.800. The number of hydrogen-bond acceptors (Lipinski definition) is 4. The second-order valence-corrected chi connectivity index (χ2v) is 1.49. The molecule has 0 saturated heterocycles. The summed E-state index contributed by atoms with van der Waals surface area (Å²) < 4.78 is 9.41. The number of rotatable bonds is 3. The molecule has 0 heterocycles. The van der Waals surface area contributed by atoms with Crippen LogP contribution in [-0.2, 0) is 9.47 Å². The molecule has 0 fully saturated rings. The number of methoxy groups -OCH3 is 1. The van der Waals surface area contributed by atoms with Gasteiger partial charge in [-0.3, -0.25) is 5.73 Å². The number of nitriles is 1. The van der Waals surface area contributed by atoms with E-state index in [0.717, 1.165) is 0 Å². The Balaban J connectivity index is 3.37. The van der Waals surface area contributed by atoms with Crippen molar-refractivity contribution < 1.29 is 9.47 Å². The van der Waals surface area contributed by atoms with Gasteiger partial charge in [0.05, 0.1) is 0 Å². The zero-order chi connectivity index (χ0) is 7.28. The van der Waals surface area contributed by atoms with E-state index >= 15 is 0 Å². The van der Waals surface area contributed by atoms with Crippen LogP contribution in [-0.4, -0.2) is 19.6 Å². The first-order valence-electron chi connectivity index (χ1n) is 2.54. The molecule has 4 heteroatoms. The first-order chi connectivity index (χ1) is 4.20. The van der Waals surface area contributed by atoms with Gasteiger partial charge in [0.2, 0.25) is 0 Å². The van der Waals surface area contributed by atoms with E-state index in [1.165, 1.54) is 7.11 Å². The molecule has 0 aromatic heterocycles. The van der Waals surface area contributed by atoms with Crippen LogP contribution in [0.2, 0.25) is 0 Å². The molecule has 0 aromatic rings. The Labute approximate surface area is 54.2 Å². The molecular formula is C5H10N2O2. The topological polar surface area (TPSA) is 68.3 Å². The third-order valence-electron chi connectivity index (χ3n) is 0.797. The minimum atomic E-state index is -0.889. The number of nitrogens with zero attached hydrogens (tertiary/aromatic N) is 1. The zero-order valence-corrected chi connectivity index (χ0v) is 5.50. The Hall–Kier alpha value is -0.630. The SMILES string of the molecule is COC(C)OC(N)C#N. The molecule has 0 aliphatic heterocycles. The predicted octanol–water partition coefficient (Wildman–Crippen LogP) is -0.196. The van der Waals surface area contributed by atoms with Crippen LogP contribution in [0, 0.1) is 11.3 Å². The van der Waals surface area contributed by atoms with E-state index in [1.54, 1.807) is 13.0 Å². The van der Waals surface area contributed by atoms with Crippen molar-refractivity contribution in [2.75, 3.05) is 7.11 Å². The van der Waals surface area contributed by atoms with Gasteiger partial charge in [-0.15, -0.1) is 0 Å². The van der Waals surface area contributed by atoms with Gasteiger partial charge < -0.3 is 9.47 Å². The average Bonchev–Trinajstić information content (AvgIpc) is 1.87. The van der Waals surface area contributed by atoms with Gasteiger partial charge in [-0.25, -0.2) is 0 Å². The maximum Gasteiger partial charge on any atom is 0.197 e. The Morgan fingerprint density at radius 1 is 1.67 bits per heavy atom. The summed E-state index contributed by atoms with van der Waals surface area (Å²) >= 11 is 0. The molecule has 0 saturated carbocycles. The third kappa shape index (κ3) is 3.91. The van der Waals surface area contributed by atoms with Crippen LogP contribution in [0.1, 0.15) is 6.92 Å². The molecule has 0 aliphatic rings. The van der Waals surface area contributed by atoms with Crippen LogP contribution in [0.5, 0.6) is 0 Å². The fourth-order valence-electron chi connectivity index (χ4n) is 0.292. The lowest BCUT2D eigenvalue weighted by atomic mass is 10.6. The lowest BCUT2D eigenvalue weighted by molar-refractivity contribution is -0.127. The molecule has 0 aromatic carbocycles. The van der Waals surface area contributed by atoms with E-state index < -0.39 is 12.5 Å². The van der Waals surface area contributed by atoms with E-state index in [9.17, 15) is 0 Å². The molecule has 2 N–H and O–H groups in total. The van der Waals surface area contributed by atoms with E-state index in [0.29, 0.717) is 0 Å². The van der Waals surface area contributed by atoms with E-state index in [1.807, 2.05) is 0 Å². The first kappa shape index (κ1) is 8.37. The van der Waals surface area contributed by atoms with E-state index in [4.69, 9.17) is 15.7 Å². The summed E-state index contributed by atoms with van der Waals surface area (Å²) in [6, 6.07) is 1.71. The summed E-state index contributed by atoms with van der Waals surface area (Å²) in [5.41, 5.74) is 5.09. The van der Waals surface area contributed by atoms with Gasteiger partial charge in [0.25, 0.3) is 0 Å². The lowest BCUT2D eigenvalue weighted by Crippen LogP contribution is -2.27. The molecule has 4 nitrogen and oxygen atoms in total. The van der Waals surface area contributed by atoms with Crippen molar-refractivity contribution in [1.29, 1.82) is 5.26 Å². The molecule has 0 bridgehead atoms. The van der Waals surface area contributed by atoms with Gasteiger partial charge in [0.15, 0.2) is 12.5 Å². The molecule has 52 valence electrons. The highest BCUT2D eigenvalue weighted by molar-refractivity contribution is 4.77. The minimum absolute atomic E-state index is 0.417. The normalized spacial score (nSPS) is 16.2. The third-order valence-corrected chi connectivity index (χ3v) is 0.797. The van der Waals surface area contributed by atoms with E-state index in [2.05, 4.69) is 4.74 Å². The molecular weight excluding hydrogens is 120 g/mol. The summed E-state index contributed by atoms with van der Waals surface area (Å²) in [4.78, 5) is 0. The summed E-state index contributed by atoms with van der Waals surface area (Å²) in [6.07, 6.45) is -1.31. The summed E-state index contributed by atoms with van der Waals surface area (Å²) in [7, 11) is 1.48. The van der Waals surface area contributed by atoms with Crippen LogP contribution in [0.3, 0.4) is 0 Å². The van der Waals surface area contributed by atoms with Gasteiger partial charge in [-0.2, -0.15) is 5.26 Å². The fourth-order valence-corrected chi connectivity index (χ4v) is 0.292. The number of ether oxygens (including phenoxy) is 2. The number of hydrogen-bond donors (Lipinski definition) is 1. The molecule has 0 amide bonds. The van der Waals surface area contributed by atoms with Crippen molar-refractivity contribution in [1.82, 2.24) is 0 Å². The lowest BCUT2D eigenvalue weighted by Gasteiger charge is -2.11. The summed E-state index contributed by atoms with van der Waals surface area (Å²) in [6.45, 7) is 1.66. The monoisotopic (exact) mass is 130 g/mol. The van der Waals surface area contributed by atoms with Gasteiger partial charge in [0, 0.05) is 7.11 Å². The van der Waals surface area contributed by atoms with Crippen LogP contribution in [0.25, 0.3) is 0 Å². The Morgan fingerprint density at radius 2 is 2.22 bits per heavy atom. The highest BCUT2D eigenvalue weighted by atomic mass is 16.7. The van der Waals surface area contributed by atoms with Gasteiger partial charge in [-0.05, 0) is 6.92 Å². The van der Waals surface area contributed by atoms with E-state index in [-0.39, 0.29) is 0 Å². The zero-order valence-electron chi connectivity index (χ0n) is 5.50. The summed E-state index contributed by atoms with van der Waals surface area (Å²) in [5, 5.41) is 8.12. The van der Waals surface area contributed by atoms with Crippen molar-refractivity contribution in [3.05, 3.63) is 0 Å². The smallest absolute Gasteiger partial charge is 0.197 e. The second kappa shape index (κ2) is 4.27. The predicted molar refractivity (Wildman–Crippen MR) is 31.1 cm³/mol. The highest BCUT2D eigenvalue weighted by Crippen LogP contribution is 1.91. The Bertz CT molecular complexity index is 110. The molecule has 0 rings (SSSR count). The Morgan fingerprint density at radius 3 is 2.56 bits per heavy atom. The molecule has 2 unspecified atom stereocenters. The first-order valence-corrected chi connectivity index (χ1v) is 2.54. The van der Waals surface area contributed by atoms with Crippen LogP contribution in [0.4, 0.5) is 0 Å². The van der Waals surface area contributed by atoms with Crippen molar-refractivity contribution in [3.63, 3.8) is 0 Å². The van der Waals surface area contributed by atoms with Gasteiger partial charge in [0.1, 0.15) is 6.07 Å². The minimum Gasteiger partial charge on any atom is -0.356 e. The molecule has 0 radical (unpaired) electrons. The van der Waals surface area contributed by atoms with Crippen molar-refractivity contribution in [3.8, 4) is 6.07 Å².